The minimum absolute atomic E-state index is 0.0673. The van der Waals surface area contributed by atoms with Crippen LogP contribution in [0.3, 0.4) is 0 Å². The van der Waals surface area contributed by atoms with Crippen molar-refractivity contribution in [2.45, 2.75) is 10.9 Å². The minimum Gasteiger partial charge on any atom is -0.338 e. The van der Waals surface area contributed by atoms with Gasteiger partial charge in [-0.05, 0) is 24.3 Å². The second-order valence-electron chi connectivity index (χ2n) is 7.11. The lowest BCUT2D eigenvalue weighted by Crippen LogP contribution is -2.22. The van der Waals surface area contributed by atoms with E-state index >= 15 is 0 Å². The average molecular weight is 492 g/mol. The maximum absolute atomic E-state index is 13.3. The molecule has 9 nitrogen and oxygen atoms in total. The standard InChI is InChI=1S/C23H14ClN5O4S/c24-17-9-2-4-11-19(17)28-22(30)16-8-1-3-10-18(16)25-23(28)34-13-20-26-21(27-33-20)14-6-5-7-15(12-14)29(31)32/h1-12H,13H2. The summed E-state index contributed by atoms with van der Waals surface area (Å²) >= 11 is 7.63. The Morgan fingerprint density at radius 1 is 1.03 bits per heavy atom. The van der Waals surface area contributed by atoms with Gasteiger partial charge >= 0.3 is 0 Å². The van der Waals surface area contributed by atoms with Gasteiger partial charge in [0.05, 0.1) is 32.3 Å². The summed E-state index contributed by atoms with van der Waals surface area (Å²) in [5, 5.41) is 16.3. The second kappa shape index (κ2) is 9.08. The Bertz CT molecular complexity index is 1600. The van der Waals surface area contributed by atoms with Crippen LogP contribution in [0.2, 0.25) is 5.02 Å². The number of nitrogens with zero attached hydrogens (tertiary/aromatic N) is 5. The van der Waals surface area contributed by atoms with Crippen LogP contribution >= 0.6 is 23.4 Å². The molecule has 0 atom stereocenters. The third-order valence-corrected chi connectivity index (χ3v) is 6.19. The number of hydrogen-bond donors (Lipinski definition) is 0. The van der Waals surface area contributed by atoms with Gasteiger partial charge in [-0.2, -0.15) is 4.98 Å². The highest BCUT2D eigenvalue weighted by Gasteiger charge is 2.18. The molecule has 0 saturated carbocycles. The Morgan fingerprint density at radius 2 is 1.82 bits per heavy atom. The minimum atomic E-state index is -0.486. The Balaban J connectivity index is 1.50. The number of thioether (sulfide) groups is 1. The Morgan fingerprint density at radius 3 is 2.65 bits per heavy atom. The first-order chi connectivity index (χ1) is 16.5. The highest BCUT2D eigenvalue weighted by molar-refractivity contribution is 7.98. The van der Waals surface area contributed by atoms with Gasteiger partial charge in [-0.15, -0.1) is 0 Å². The molecule has 0 spiro atoms. The van der Waals surface area contributed by atoms with E-state index in [1.165, 1.54) is 28.5 Å². The van der Waals surface area contributed by atoms with Crippen LogP contribution in [-0.2, 0) is 5.75 Å². The van der Waals surface area contributed by atoms with Crippen LogP contribution in [0.5, 0.6) is 0 Å². The molecule has 0 aliphatic rings. The molecule has 0 bridgehead atoms. The van der Waals surface area contributed by atoms with Gasteiger partial charge in [-0.25, -0.2) is 4.98 Å². The molecule has 5 rings (SSSR count). The van der Waals surface area contributed by atoms with E-state index in [-0.39, 0.29) is 28.7 Å². The largest absolute Gasteiger partial charge is 0.338 e. The zero-order chi connectivity index (χ0) is 23.7. The number of aromatic nitrogens is 4. The number of benzene rings is 3. The van der Waals surface area contributed by atoms with Gasteiger partial charge in [0, 0.05) is 17.7 Å². The zero-order valence-corrected chi connectivity index (χ0v) is 18.9. The van der Waals surface area contributed by atoms with Crippen molar-refractivity contribution in [3.05, 3.63) is 104 Å². The number of halogens is 1. The molecule has 3 aromatic carbocycles. The zero-order valence-electron chi connectivity index (χ0n) is 17.3. The predicted molar refractivity (Wildman–Crippen MR) is 128 cm³/mol. The van der Waals surface area contributed by atoms with E-state index in [1.807, 2.05) is 6.07 Å². The molecule has 0 aliphatic carbocycles. The van der Waals surface area contributed by atoms with Crippen molar-refractivity contribution >= 4 is 40.0 Å². The fourth-order valence-corrected chi connectivity index (χ4v) is 4.43. The van der Waals surface area contributed by atoms with E-state index in [4.69, 9.17) is 16.1 Å². The summed E-state index contributed by atoms with van der Waals surface area (Å²) in [6, 6.07) is 20.1. The van der Waals surface area contributed by atoms with Crippen LogP contribution in [0.1, 0.15) is 5.89 Å². The molecule has 0 aliphatic heterocycles. The first-order valence-corrected chi connectivity index (χ1v) is 11.3. The summed E-state index contributed by atoms with van der Waals surface area (Å²) < 4.78 is 6.80. The molecule has 5 aromatic rings. The SMILES string of the molecule is O=c1c2ccccc2nc(SCc2nc(-c3cccc([N+](=O)[O-])c3)no2)n1-c1ccccc1Cl. The molecule has 34 heavy (non-hydrogen) atoms. The summed E-state index contributed by atoms with van der Waals surface area (Å²) in [6.07, 6.45) is 0. The number of non-ortho nitro benzene ring substituents is 1. The maximum Gasteiger partial charge on any atom is 0.270 e. The second-order valence-corrected chi connectivity index (χ2v) is 8.46. The summed E-state index contributed by atoms with van der Waals surface area (Å²) in [5.41, 5.74) is 1.22. The molecule has 2 heterocycles. The van der Waals surface area contributed by atoms with Crippen molar-refractivity contribution in [3.8, 4) is 17.1 Å². The number of hydrogen-bond acceptors (Lipinski definition) is 8. The van der Waals surface area contributed by atoms with E-state index in [1.54, 1.807) is 54.6 Å². The number of rotatable bonds is 6. The van der Waals surface area contributed by atoms with Crippen LogP contribution in [0, 0.1) is 10.1 Å². The molecule has 0 radical (unpaired) electrons. The quantitative estimate of drug-likeness (QED) is 0.136. The van der Waals surface area contributed by atoms with Crippen LogP contribution in [0.4, 0.5) is 5.69 Å². The van der Waals surface area contributed by atoms with Gasteiger partial charge in [0.1, 0.15) is 0 Å². The van der Waals surface area contributed by atoms with Crippen molar-refractivity contribution in [2.24, 2.45) is 0 Å². The molecule has 0 amide bonds. The van der Waals surface area contributed by atoms with Crippen molar-refractivity contribution < 1.29 is 9.45 Å². The first kappa shape index (κ1) is 21.8. The van der Waals surface area contributed by atoms with E-state index in [9.17, 15) is 14.9 Å². The lowest BCUT2D eigenvalue weighted by atomic mass is 10.2. The topological polar surface area (TPSA) is 117 Å². The number of nitro benzene ring substituents is 1. The Labute approximate surface area is 201 Å². The van der Waals surface area contributed by atoms with Crippen LogP contribution in [-0.4, -0.2) is 24.6 Å². The van der Waals surface area contributed by atoms with Crippen molar-refractivity contribution in [3.63, 3.8) is 0 Å². The highest BCUT2D eigenvalue weighted by atomic mass is 35.5. The highest BCUT2D eigenvalue weighted by Crippen LogP contribution is 2.28. The molecule has 0 fully saturated rings. The predicted octanol–water partition coefficient (Wildman–Crippen LogP) is 5.29. The van der Waals surface area contributed by atoms with Gasteiger partial charge in [-0.1, -0.05) is 64.9 Å². The molecule has 0 unspecified atom stereocenters. The third kappa shape index (κ3) is 4.16. The van der Waals surface area contributed by atoms with Crippen LogP contribution in [0.15, 0.2) is 87.3 Å². The Hall–Kier alpha value is -4.02. The van der Waals surface area contributed by atoms with E-state index in [0.717, 1.165) is 0 Å². The Kier molecular flexibility index (Phi) is 5.83. The van der Waals surface area contributed by atoms with Crippen molar-refractivity contribution in [2.75, 3.05) is 0 Å². The van der Waals surface area contributed by atoms with E-state index < -0.39 is 4.92 Å². The van der Waals surface area contributed by atoms with Gasteiger partial charge in [0.25, 0.3) is 11.2 Å². The summed E-state index contributed by atoms with van der Waals surface area (Å²) in [4.78, 5) is 32.9. The summed E-state index contributed by atoms with van der Waals surface area (Å²) in [5.74, 6) is 0.728. The smallest absolute Gasteiger partial charge is 0.270 e. The lowest BCUT2D eigenvalue weighted by Gasteiger charge is -2.13. The monoisotopic (exact) mass is 491 g/mol. The van der Waals surface area contributed by atoms with Crippen molar-refractivity contribution in [1.29, 1.82) is 0 Å². The van der Waals surface area contributed by atoms with Gasteiger partial charge in [-0.3, -0.25) is 19.5 Å². The van der Waals surface area contributed by atoms with Gasteiger partial charge in [0.2, 0.25) is 11.7 Å². The lowest BCUT2D eigenvalue weighted by molar-refractivity contribution is -0.384. The number of nitro groups is 1. The van der Waals surface area contributed by atoms with E-state index in [2.05, 4.69) is 15.1 Å². The van der Waals surface area contributed by atoms with Gasteiger partial charge in [0.15, 0.2) is 5.16 Å². The number of para-hydroxylation sites is 2. The van der Waals surface area contributed by atoms with Crippen molar-refractivity contribution in [1.82, 2.24) is 19.7 Å². The molecule has 0 saturated heterocycles. The fraction of sp³-hybridized carbons (Fsp3) is 0.0435. The number of fused-ring (bicyclic) bond motifs is 1. The van der Waals surface area contributed by atoms with Gasteiger partial charge < -0.3 is 4.52 Å². The molecule has 2 aromatic heterocycles. The molecular formula is C23H14ClN5O4S. The maximum atomic E-state index is 13.3. The fourth-order valence-electron chi connectivity index (χ4n) is 3.37. The molecular weight excluding hydrogens is 478 g/mol. The summed E-state index contributed by atoms with van der Waals surface area (Å²) in [7, 11) is 0. The molecule has 11 heteroatoms. The van der Waals surface area contributed by atoms with Crippen LogP contribution < -0.4 is 5.56 Å². The molecule has 0 N–H and O–H groups in total. The summed E-state index contributed by atoms with van der Waals surface area (Å²) in [6.45, 7) is 0. The average Bonchev–Trinajstić information content (AvgIpc) is 3.33. The normalized spacial score (nSPS) is 11.1. The first-order valence-electron chi connectivity index (χ1n) is 9.98. The molecule has 168 valence electrons. The third-order valence-electron chi connectivity index (χ3n) is 4.95. The van der Waals surface area contributed by atoms with Crippen LogP contribution in [0.25, 0.3) is 28.0 Å². The van der Waals surface area contributed by atoms with E-state index in [0.29, 0.717) is 32.3 Å².